The number of para-hydroxylation sites is 1. The van der Waals surface area contributed by atoms with Gasteiger partial charge in [0.1, 0.15) is 5.82 Å². The first-order chi connectivity index (χ1) is 8.56. The standard InChI is InChI=1S/C13H8BrFINO/c14-9-5-8(6-10(15)7-9)13(18)17-12-4-2-1-3-11(12)16/h1-7H,(H,17,18). The molecule has 1 N–H and O–H groups in total. The summed E-state index contributed by atoms with van der Waals surface area (Å²) in [5.74, 6) is -0.781. The van der Waals surface area contributed by atoms with Crippen LogP contribution in [-0.4, -0.2) is 5.91 Å². The summed E-state index contributed by atoms with van der Waals surface area (Å²) in [4.78, 5) is 12.0. The van der Waals surface area contributed by atoms with E-state index in [0.717, 1.165) is 3.57 Å². The van der Waals surface area contributed by atoms with Crippen LogP contribution >= 0.6 is 38.5 Å². The van der Waals surface area contributed by atoms with E-state index < -0.39 is 5.82 Å². The molecule has 0 spiro atoms. The van der Waals surface area contributed by atoms with Crippen LogP contribution in [0.3, 0.4) is 0 Å². The Morgan fingerprint density at radius 3 is 2.61 bits per heavy atom. The lowest BCUT2D eigenvalue weighted by Gasteiger charge is -2.07. The summed E-state index contributed by atoms with van der Waals surface area (Å²) in [5, 5.41) is 2.75. The van der Waals surface area contributed by atoms with Crippen molar-refractivity contribution in [3.05, 3.63) is 61.9 Å². The van der Waals surface area contributed by atoms with Gasteiger partial charge in [0, 0.05) is 13.6 Å². The Morgan fingerprint density at radius 2 is 1.94 bits per heavy atom. The first-order valence-electron chi connectivity index (χ1n) is 5.08. The molecule has 2 rings (SSSR count). The molecule has 1 amide bonds. The monoisotopic (exact) mass is 419 g/mol. The average molecular weight is 420 g/mol. The molecule has 0 heterocycles. The van der Waals surface area contributed by atoms with Gasteiger partial charge >= 0.3 is 0 Å². The molecule has 2 aromatic rings. The lowest BCUT2D eigenvalue weighted by Crippen LogP contribution is -2.13. The van der Waals surface area contributed by atoms with Crippen LogP contribution in [0.2, 0.25) is 0 Å². The molecule has 0 radical (unpaired) electrons. The Balaban J connectivity index is 2.25. The molecule has 18 heavy (non-hydrogen) atoms. The fraction of sp³-hybridized carbons (Fsp3) is 0. The molecule has 0 atom stereocenters. The molecule has 92 valence electrons. The molecule has 0 aliphatic heterocycles. The van der Waals surface area contributed by atoms with Crippen LogP contribution in [0.5, 0.6) is 0 Å². The highest BCUT2D eigenvalue weighted by Crippen LogP contribution is 2.20. The van der Waals surface area contributed by atoms with Gasteiger partial charge in [0.2, 0.25) is 0 Å². The minimum Gasteiger partial charge on any atom is -0.321 e. The third-order valence-electron chi connectivity index (χ3n) is 2.25. The third kappa shape index (κ3) is 3.29. The molecule has 0 unspecified atom stereocenters. The number of amides is 1. The second-order valence-electron chi connectivity index (χ2n) is 3.59. The largest absolute Gasteiger partial charge is 0.321 e. The molecule has 2 nitrogen and oxygen atoms in total. The van der Waals surface area contributed by atoms with Gasteiger partial charge in [0.25, 0.3) is 5.91 Å². The van der Waals surface area contributed by atoms with Crippen LogP contribution in [0, 0.1) is 9.39 Å². The van der Waals surface area contributed by atoms with Crippen LogP contribution in [0.15, 0.2) is 46.9 Å². The van der Waals surface area contributed by atoms with Gasteiger partial charge in [-0.15, -0.1) is 0 Å². The number of carbonyl (C=O) groups is 1. The van der Waals surface area contributed by atoms with E-state index in [1.54, 1.807) is 12.1 Å². The Kier molecular flexibility index (Phi) is 4.34. The molecule has 0 bridgehead atoms. The maximum atomic E-state index is 13.2. The summed E-state index contributed by atoms with van der Waals surface area (Å²) in [6.45, 7) is 0. The summed E-state index contributed by atoms with van der Waals surface area (Å²) < 4.78 is 14.7. The second kappa shape index (κ2) is 5.79. The number of carbonyl (C=O) groups excluding carboxylic acids is 1. The van der Waals surface area contributed by atoms with Crippen molar-refractivity contribution < 1.29 is 9.18 Å². The molecule has 2 aromatic carbocycles. The lowest BCUT2D eigenvalue weighted by atomic mass is 10.2. The van der Waals surface area contributed by atoms with Gasteiger partial charge in [0.05, 0.1) is 5.69 Å². The van der Waals surface area contributed by atoms with E-state index in [1.807, 2.05) is 18.2 Å². The molecule has 0 saturated carbocycles. The zero-order chi connectivity index (χ0) is 13.1. The van der Waals surface area contributed by atoms with Gasteiger partial charge in [-0.25, -0.2) is 4.39 Å². The normalized spacial score (nSPS) is 10.2. The highest BCUT2D eigenvalue weighted by molar-refractivity contribution is 14.1. The van der Waals surface area contributed by atoms with Crippen LogP contribution in [0.4, 0.5) is 10.1 Å². The first-order valence-corrected chi connectivity index (χ1v) is 6.95. The average Bonchev–Trinajstić information content (AvgIpc) is 2.31. The van der Waals surface area contributed by atoms with E-state index in [2.05, 4.69) is 43.8 Å². The van der Waals surface area contributed by atoms with Gasteiger partial charge in [-0.05, 0) is 52.9 Å². The topological polar surface area (TPSA) is 29.1 Å². The van der Waals surface area contributed by atoms with Gasteiger partial charge in [-0.1, -0.05) is 28.1 Å². The van der Waals surface area contributed by atoms with Crippen molar-refractivity contribution in [2.75, 3.05) is 5.32 Å². The fourth-order valence-corrected chi connectivity index (χ4v) is 2.43. The van der Waals surface area contributed by atoms with Crippen molar-refractivity contribution in [3.63, 3.8) is 0 Å². The van der Waals surface area contributed by atoms with Crippen molar-refractivity contribution in [2.24, 2.45) is 0 Å². The number of rotatable bonds is 2. The fourth-order valence-electron chi connectivity index (χ4n) is 1.44. The van der Waals surface area contributed by atoms with E-state index in [4.69, 9.17) is 0 Å². The predicted molar refractivity (Wildman–Crippen MR) is 81.2 cm³/mol. The molecule has 0 aliphatic rings. The van der Waals surface area contributed by atoms with E-state index in [0.29, 0.717) is 10.2 Å². The second-order valence-corrected chi connectivity index (χ2v) is 5.67. The molecule has 0 aromatic heterocycles. The molecule has 0 fully saturated rings. The maximum absolute atomic E-state index is 13.2. The lowest BCUT2D eigenvalue weighted by molar-refractivity contribution is 0.102. The molecule has 0 saturated heterocycles. The number of benzene rings is 2. The van der Waals surface area contributed by atoms with Crippen LogP contribution in [-0.2, 0) is 0 Å². The third-order valence-corrected chi connectivity index (χ3v) is 3.65. The van der Waals surface area contributed by atoms with Crippen molar-refractivity contribution in [1.82, 2.24) is 0 Å². The Morgan fingerprint density at radius 1 is 1.22 bits per heavy atom. The SMILES string of the molecule is O=C(Nc1ccccc1I)c1cc(F)cc(Br)c1. The predicted octanol–water partition coefficient (Wildman–Crippen LogP) is 4.45. The first kappa shape index (κ1) is 13.5. The number of hydrogen-bond acceptors (Lipinski definition) is 1. The minimum absolute atomic E-state index is 0.279. The van der Waals surface area contributed by atoms with E-state index in [1.165, 1.54) is 12.1 Å². The van der Waals surface area contributed by atoms with Crippen LogP contribution < -0.4 is 5.32 Å². The quantitative estimate of drug-likeness (QED) is 0.716. The highest BCUT2D eigenvalue weighted by Gasteiger charge is 2.09. The number of anilines is 1. The van der Waals surface area contributed by atoms with Gasteiger partial charge in [0.15, 0.2) is 0 Å². The Hall–Kier alpha value is -0.950. The molecular weight excluding hydrogens is 412 g/mol. The summed E-state index contributed by atoms with van der Waals surface area (Å²) in [6, 6.07) is 11.5. The van der Waals surface area contributed by atoms with Crippen molar-refractivity contribution in [2.45, 2.75) is 0 Å². The maximum Gasteiger partial charge on any atom is 0.255 e. The zero-order valence-corrected chi connectivity index (χ0v) is 12.8. The Bertz CT molecular complexity index is 583. The van der Waals surface area contributed by atoms with Crippen molar-refractivity contribution >= 4 is 50.1 Å². The van der Waals surface area contributed by atoms with E-state index in [9.17, 15) is 9.18 Å². The minimum atomic E-state index is -0.447. The highest BCUT2D eigenvalue weighted by atomic mass is 127. The number of halogens is 3. The molecular formula is C13H8BrFINO. The molecule has 0 aliphatic carbocycles. The van der Waals surface area contributed by atoms with Crippen LogP contribution in [0.1, 0.15) is 10.4 Å². The zero-order valence-electron chi connectivity index (χ0n) is 9.08. The van der Waals surface area contributed by atoms with Gasteiger partial charge in [-0.3, -0.25) is 4.79 Å². The van der Waals surface area contributed by atoms with Crippen LogP contribution in [0.25, 0.3) is 0 Å². The van der Waals surface area contributed by atoms with Crippen molar-refractivity contribution in [1.29, 1.82) is 0 Å². The smallest absolute Gasteiger partial charge is 0.255 e. The van der Waals surface area contributed by atoms with E-state index in [-0.39, 0.29) is 11.5 Å². The summed E-state index contributed by atoms with van der Waals surface area (Å²) in [6.07, 6.45) is 0. The van der Waals surface area contributed by atoms with Gasteiger partial charge < -0.3 is 5.32 Å². The number of hydrogen-bond donors (Lipinski definition) is 1. The van der Waals surface area contributed by atoms with Gasteiger partial charge in [-0.2, -0.15) is 0 Å². The molecule has 5 heteroatoms. The summed E-state index contributed by atoms with van der Waals surface area (Å²) in [7, 11) is 0. The summed E-state index contributed by atoms with van der Waals surface area (Å²) >= 11 is 5.29. The van der Waals surface area contributed by atoms with E-state index >= 15 is 0 Å². The Labute approximate surface area is 126 Å². The number of nitrogens with one attached hydrogen (secondary N) is 1. The van der Waals surface area contributed by atoms with Crippen molar-refractivity contribution in [3.8, 4) is 0 Å². The summed E-state index contributed by atoms with van der Waals surface area (Å²) in [5.41, 5.74) is 0.991.